The van der Waals surface area contributed by atoms with Gasteiger partial charge in [0, 0.05) is 31.0 Å². The van der Waals surface area contributed by atoms with Gasteiger partial charge in [0.15, 0.2) is 0 Å². The van der Waals surface area contributed by atoms with Crippen LogP contribution in [-0.2, 0) is 23.9 Å². The van der Waals surface area contributed by atoms with Crippen molar-refractivity contribution in [3.05, 3.63) is 35.9 Å². The van der Waals surface area contributed by atoms with Gasteiger partial charge in [-0.2, -0.15) is 8.42 Å². The Morgan fingerprint density at radius 3 is 2.24 bits per heavy atom. The zero-order chi connectivity index (χ0) is 22.0. The average Bonchev–Trinajstić information content (AvgIpc) is 2.63. The molecule has 2 atom stereocenters. The summed E-state index contributed by atoms with van der Waals surface area (Å²) in [6.07, 6.45) is 0.395. The van der Waals surface area contributed by atoms with E-state index < -0.39 is 46.5 Å². The highest BCUT2D eigenvalue weighted by atomic mass is 35.5. The molecule has 0 bridgehead atoms. The number of hydrogen-bond donors (Lipinski definition) is 3. The summed E-state index contributed by atoms with van der Waals surface area (Å²) in [6.45, 7) is -0.395. The number of aliphatic carboxylic acids is 2. The maximum atomic E-state index is 12.2. The highest BCUT2D eigenvalue weighted by molar-refractivity contribution is 7.85. The van der Waals surface area contributed by atoms with Crippen LogP contribution in [0.3, 0.4) is 0 Å². The summed E-state index contributed by atoms with van der Waals surface area (Å²) in [4.78, 5) is 36.9. The number of hydrogen-bond acceptors (Lipinski definition) is 7. The molecule has 162 valence electrons. The first-order valence-corrected chi connectivity index (χ1v) is 10.9. The molecular weight excluding hydrogens is 428 g/mol. The maximum absolute atomic E-state index is 12.2. The molecule has 3 N–H and O–H groups in total. The number of carbonyl (C=O) groups is 3. The fraction of sp³-hybridized carbons (Fsp3) is 0.471. The van der Waals surface area contributed by atoms with Crippen molar-refractivity contribution in [2.75, 3.05) is 31.8 Å². The number of nitrogens with one attached hydrogen (secondary N) is 1. The lowest BCUT2D eigenvalue weighted by molar-refractivity contribution is -0.145. The van der Waals surface area contributed by atoms with Gasteiger partial charge in [-0.25, -0.2) is 4.79 Å². The third-order valence-corrected chi connectivity index (χ3v) is 4.64. The molecule has 1 rings (SSSR count). The molecule has 1 unspecified atom stereocenters. The Morgan fingerprint density at radius 1 is 1.14 bits per heavy atom. The Bertz CT molecular complexity index is 803. The molecule has 0 spiro atoms. The monoisotopic (exact) mass is 450 g/mol. The van der Waals surface area contributed by atoms with E-state index in [9.17, 15) is 33.0 Å². The summed E-state index contributed by atoms with van der Waals surface area (Å²) in [5, 5.41) is 21.3. The van der Waals surface area contributed by atoms with Crippen LogP contribution in [0.1, 0.15) is 16.8 Å². The molecule has 0 aliphatic heterocycles. The molecule has 1 aromatic carbocycles. The predicted molar refractivity (Wildman–Crippen MR) is 104 cm³/mol. The van der Waals surface area contributed by atoms with Gasteiger partial charge in [-0.1, -0.05) is 18.2 Å². The molecule has 0 saturated heterocycles. The molecular formula is C17H23ClN2O8S. The minimum absolute atomic E-state index is 0.0246. The number of nitrogens with zero attached hydrogens (tertiary/aromatic N) is 1. The van der Waals surface area contributed by atoms with Crippen LogP contribution in [0.5, 0.6) is 0 Å². The van der Waals surface area contributed by atoms with Gasteiger partial charge in [-0.3, -0.25) is 18.7 Å². The van der Waals surface area contributed by atoms with Crippen LogP contribution < -0.4 is 5.32 Å². The largest absolute Gasteiger partial charge is 0.480 e. The number of carboxylic acid groups (broad SMARTS) is 2. The number of rotatable bonds is 13. The third-order valence-electron chi connectivity index (χ3n) is 3.87. The minimum Gasteiger partial charge on any atom is -0.480 e. The van der Waals surface area contributed by atoms with E-state index in [-0.39, 0.29) is 31.1 Å². The smallest absolute Gasteiger partial charge is 0.326 e. The number of halogens is 1. The van der Waals surface area contributed by atoms with Gasteiger partial charge in [0.05, 0.1) is 12.9 Å². The molecule has 1 amide bonds. The predicted octanol–water partition coefficient (Wildman–Crippen LogP) is 0.230. The summed E-state index contributed by atoms with van der Waals surface area (Å²) in [5.41, 5.74) is 0.227. The Kier molecular flexibility index (Phi) is 10.0. The van der Waals surface area contributed by atoms with Crippen LogP contribution >= 0.6 is 11.6 Å². The first kappa shape index (κ1) is 24.8. The molecule has 12 heteroatoms. The molecule has 0 fully saturated rings. The lowest BCUT2D eigenvalue weighted by Crippen LogP contribution is -2.51. The fourth-order valence-corrected chi connectivity index (χ4v) is 3.11. The van der Waals surface area contributed by atoms with Crippen molar-refractivity contribution in [3.63, 3.8) is 0 Å². The molecule has 0 saturated carbocycles. The standard InChI is InChI=1S/C17H23ClN2O8S/c1-29(26,27)28-10-9-20(8-7-18)14(17(24)25)11-13(16(22)23)19-15(21)12-5-3-2-4-6-12/h2-6,13-14H,7-11H2,1H3,(H,19,21)(H,22,23)(H,24,25)/t13-,14?/m0/s1. The topological polar surface area (TPSA) is 150 Å². The normalized spacial score (nSPS) is 13.6. The summed E-state index contributed by atoms with van der Waals surface area (Å²) < 4.78 is 26.8. The van der Waals surface area contributed by atoms with Crippen LogP contribution in [0.25, 0.3) is 0 Å². The number of carbonyl (C=O) groups excluding carboxylic acids is 1. The van der Waals surface area contributed by atoms with Crippen molar-refractivity contribution >= 4 is 39.6 Å². The highest BCUT2D eigenvalue weighted by Gasteiger charge is 2.32. The van der Waals surface area contributed by atoms with Crippen LogP contribution in [0.2, 0.25) is 0 Å². The molecule has 10 nitrogen and oxygen atoms in total. The quantitative estimate of drug-likeness (QED) is 0.283. The number of carboxylic acids is 2. The average molecular weight is 451 g/mol. The van der Waals surface area contributed by atoms with Crippen LogP contribution in [0.4, 0.5) is 0 Å². The molecule has 0 heterocycles. The summed E-state index contributed by atoms with van der Waals surface area (Å²) >= 11 is 5.70. The van der Waals surface area contributed by atoms with Crippen molar-refractivity contribution in [1.29, 1.82) is 0 Å². The molecule has 0 aromatic heterocycles. The summed E-state index contributed by atoms with van der Waals surface area (Å²) in [5.74, 6) is -3.38. The van der Waals surface area contributed by atoms with Crippen molar-refractivity contribution in [3.8, 4) is 0 Å². The van der Waals surface area contributed by atoms with Gasteiger partial charge < -0.3 is 15.5 Å². The Morgan fingerprint density at radius 2 is 1.76 bits per heavy atom. The van der Waals surface area contributed by atoms with Gasteiger partial charge in [0.2, 0.25) is 0 Å². The second-order valence-electron chi connectivity index (χ2n) is 6.07. The zero-order valence-corrected chi connectivity index (χ0v) is 17.2. The maximum Gasteiger partial charge on any atom is 0.326 e. The molecule has 0 aliphatic carbocycles. The second kappa shape index (κ2) is 11.7. The molecule has 0 radical (unpaired) electrons. The van der Waals surface area contributed by atoms with E-state index in [2.05, 4.69) is 9.50 Å². The SMILES string of the molecule is CS(=O)(=O)OCCN(CCCl)C(C[C@H](NC(=O)c1ccccc1)C(=O)O)C(=O)O. The fourth-order valence-electron chi connectivity index (χ4n) is 2.52. The van der Waals surface area contributed by atoms with Crippen molar-refractivity contribution in [2.24, 2.45) is 0 Å². The van der Waals surface area contributed by atoms with Crippen molar-refractivity contribution in [2.45, 2.75) is 18.5 Å². The van der Waals surface area contributed by atoms with Gasteiger partial charge in [-0.05, 0) is 12.1 Å². The second-order valence-corrected chi connectivity index (χ2v) is 8.09. The zero-order valence-electron chi connectivity index (χ0n) is 15.7. The summed E-state index contributed by atoms with van der Waals surface area (Å²) in [7, 11) is -3.72. The van der Waals surface area contributed by atoms with Gasteiger partial charge in [-0.15, -0.1) is 11.6 Å². The van der Waals surface area contributed by atoms with E-state index in [1.54, 1.807) is 18.2 Å². The summed E-state index contributed by atoms with van der Waals surface area (Å²) in [6, 6.07) is 5.06. The number of amides is 1. The van der Waals surface area contributed by atoms with E-state index in [0.717, 1.165) is 6.26 Å². The first-order chi connectivity index (χ1) is 13.5. The van der Waals surface area contributed by atoms with E-state index in [1.165, 1.54) is 17.0 Å². The Labute approximate surface area is 173 Å². The van der Waals surface area contributed by atoms with Gasteiger partial charge in [0.25, 0.3) is 16.0 Å². The minimum atomic E-state index is -3.72. The van der Waals surface area contributed by atoms with Gasteiger partial charge >= 0.3 is 11.9 Å². The third kappa shape index (κ3) is 9.22. The van der Waals surface area contributed by atoms with Crippen molar-refractivity contribution in [1.82, 2.24) is 10.2 Å². The van der Waals surface area contributed by atoms with Crippen molar-refractivity contribution < 1.29 is 37.2 Å². The van der Waals surface area contributed by atoms with Crippen LogP contribution in [-0.4, -0.2) is 85.3 Å². The first-order valence-electron chi connectivity index (χ1n) is 8.51. The number of benzene rings is 1. The molecule has 29 heavy (non-hydrogen) atoms. The van der Waals surface area contributed by atoms with Crippen LogP contribution in [0.15, 0.2) is 30.3 Å². The Hall–Kier alpha value is -2.21. The lowest BCUT2D eigenvalue weighted by Gasteiger charge is -2.29. The van der Waals surface area contributed by atoms with Gasteiger partial charge in [0.1, 0.15) is 12.1 Å². The van der Waals surface area contributed by atoms with E-state index in [1.807, 2.05) is 0 Å². The molecule has 0 aliphatic rings. The van der Waals surface area contributed by atoms with E-state index in [4.69, 9.17) is 11.6 Å². The highest BCUT2D eigenvalue weighted by Crippen LogP contribution is 2.11. The Balaban J connectivity index is 2.92. The number of alkyl halides is 1. The molecule has 1 aromatic rings. The van der Waals surface area contributed by atoms with Crippen LogP contribution in [0, 0.1) is 0 Å². The van der Waals surface area contributed by atoms with E-state index in [0.29, 0.717) is 0 Å². The lowest BCUT2D eigenvalue weighted by atomic mass is 10.0. The van der Waals surface area contributed by atoms with E-state index >= 15 is 0 Å².